The van der Waals surface area contributed by atoms with E-state index in [0.29, 0.717) is 15.6 Å². The van der Waals surface area contributed by atoms with Crippen LogP contribution in [0.15, 0.2) is 45.3 Å². The number of rotatable bonds is 4. The highest BCUT2D eigenvalue weighted by Crippen LogP contribution is 2.30. The lowest BCUT2D eigenvalue weighted by atomic mass is 10.1. The number of phenolic OH excluding ortho intramolecular Hbond substituents is 1. The first-order valence-electron chi connectivity index (χ1n) is 6.87. The van der Waals surface area contributed by atoms with Crippen molar-refractivity contribution in [3.05, 3.63) is 56.5 Å². The maximum Gasteiger partial charge on any atom is 0.387 e. The summed E-state index contributed by atoms with van der Waals surface area (Å²) in [6, 6.07) is 9.20. The molecular formula is C17H14Br2F2O4. The van der Waals surface area contributed by atoms with E-state index in [-0.39, 0.29) is 27.5 Å². The van der Waals surface area contributed by atoms with Crippen LogP contribution in [-0.2, 0) is 0 Å². The van der Waals surface area contributed by atoms with Crippen molar-refractivity contribution in [2.45, 2.75) is 20.5 Å². The molecule has 0 saturated heterocycles. The number of ketones is 2. The van der Waals surface area contributed by atoms with E-state index in [1.165, 1.54) is 38.1 Å². The topological polar surface area (TPSA) is 63.6 Å². The second kappa shape index (κ2) is 9.62. The minimum atomic E-state index is -2.89. The Kier molecular flexibility index (Phi) is 8.18. The molecule has 0 radical (unpaired) electrons. The SMILES string of the molecule is CC(=O)c1cccc(O)c1Br.CC(=O)c1cccc(OC(F)F)c1Br. The quantitative estimate of drug-likeness (QED) is 0.579. The fraction of sp³-hybridized carbons (Fsp3) is 0.176. The number of phenols is 1. The van der Waals surface area contributed by atoms with Gasteiger partial charge in [0.2, 0.25) is 0 Å². The van der Waals surface area contributed by atoms with E-state index in [1.54, 1.807) is 12.1 Å². The van der Waals surface area contributed by atoms with Crippen LogP contribution in [0.4, 0.5) is 8.78 Å². The third-order valence-corrected chi connectivity index (χ3v) is 4.57. The summed E-state index contributed by atoms with van der Waals surface area (Å²) in [5, 5.41) is 9.15. The Hall–Kier alpha value is -1.80. The highest BCUT2D eigenvalue weighted by Gasteiger charge is 2.13. The molecule has 0 saturated carbocycles. The van der Waals surface area contributed by atoms with Gasteiger partial charge >= 0.3 is 6.61 Å². The van der Waals surface area contributed by atoms with Crippen LogP contribution in [0.5, 0.6) is 11.5 Å². The normalized spacial score (nSPS) is 10.0. The summed E-state index contributed by atoms with van der Waals surface area (Å²) in [5.74, 6) is -0.213. The van der Waals surface area contributed by atoms with E-state index in [0.717, 1.165) is 0 Å². The standard InChI is InChI=1S/C9H7BrF2O2.C8H7BrO2/c1-5(13)6-3-2-4-7(8(6)10)14-9(11)12;1-5(10)6-3-2-4-7(11)8(6)9/h2-4,9H,1H3;2-4,11H,1H3. The summed E-state index contributed by atoms with van der Waals surface area (Å²) in [4.78, 5) is 21.9. The lowest BCUT2D eigenvalue weighted by Crippen LogP contribution is -2.04. The van der Waals surface area contributed by atoms with Crippen molar-refractivity contribution in [2.75, 3.05) is 0 Å². The molecule has 0 bridgehead atoms. The first-order valence-corrected chi connectivity index (χ1v) is 8.46. The van der Waals surface area contributed by atoms with Gasteiger partial charge in [-0.15, -0.1) is 0 Å². The second-order valence-electron chi connectivity index (χ2n) is 4.75. The van der Waals surface area contributed by atoms with Crippen LogP contribution in [0.2, 0.25) is 0 Å². The monoisotopic (exact) mass is 478 g/mol. The predicted molar refractivity (Wildman–Crippen MR) is 96.6 cm³/mol. The van der Waals surface area contributed by atoms with Gasteiger partial charge in [-0.3, -0.25) is 9.59 Å². The smallest absolute Gasteiger partial charge is 0.387 e. The molecule has 0 amide bonds. The molecule has 2 aromatic carbocycles. The van der Waals surface area contributed by atoms with Crippen molar-refractivity contribution in [3.8, 4) is 11.5 Å². The summed E-state index contributed by atoms with van der Waals surface area (Å²) in [7, 11) is 0. The summed E-state index contributed by atoms with van der Waals surface area (Å²) in [5.41, 5.74) is 0.827. The number of benzene rings is 2. The highest BCUT2D eigenvalue weighted by molar-refractivity contribution is 9.11. The molecule has 134 valence electrons. The molecule has 0 aromatic heterocycles. The van der Waals surface area contributed by atoms with Crippen LogP contribution in [0.25, 0.3) is 0 Å². The van der Waals surface area contributed by atoms with E-state index in [4.69, 9.17) is 5.11 Å². The first kappa shape index (κ1) is 21.2. The Morgan fingerprint density at radius 1 is 0.960 bits per heavy atom. The van der Waals surface area contributed by atoms with E-state index in [9.17, 15) is 18.4 Å². The van der Waals surface area contributed by atoms with Gasteiger partial charge < -0.3 is 9.84 Å². The van der Waals surface area contributed by atoms with Crippen molar-refractivity contribution in [2.24, 2.45) is 0 Å². The van der Waals surface area contributed by atoms with Gasteiger partial charge in [0.25, 0.3) is 0 Å². The van der Waals surface area contributed by atoms with Gasteiger partial charge in [0.05, 0.1) is 8.95 Å². The Labute approximate surface area is 160 Å². The summed E-state index contributed by atoms with van der Waals surface area (Å²) >= 11 is 6.14. The molecule has 2 rings (SSSR count). The van der Waals surface area contributed by atoms with Crippen molar-refractivity contribution < 1.29 is 28.2 Å². The van der Waals surface area contributed by atoms with E-state index >= 15 is 0 Å². The van der Waals surface area contributed by atoms with Crippen molar-refractivity contribution in [1.29, 1.82) is 0 Å². The van der Waals surface area contributed by atoms with Crippen LogP contribution in [0, 0.1) is 0 Å². The number of hydrogen-bond donors (Lipinski definition) is 1. The molecule has 0 aliphatic heterocycles. The molecular weight excluding hydrogens is 466 g/mol. The second-order valence-corrected chi connectivity index (χ2v) is 6.33. The molecule has 0 heterocycles. The van der Waals surface area contributed by atoms with Crippen LogP contribution in [-0.4, -0.2) is 23.3 Å². The Balaban J connectivity index is 0.000000257. The van der Waals surface area contributed by atoms with E-state index < -0.39 is 6.61 Å². The number of carbonyl (C=O) groups is 2. The maximum atomic E-state index is 11.9. The molecule has 1 N–H and O–H groups in total. The molecule has 2 aromatic rings. The Bertz CT molecular complexity index is 779. The average molecular weight is 480 g/mol. The molecule has 0 fully saturated rings. The Morgan fingerprint density at radius 3 is 1.88 bits per heavy atom. The average Bonchev–Trinajstić information content (AvgIpc) is 2.51. The molecule has 0 atom stereocenters. The van der Waals surface area contributed by atoms with Crippen LogP contribution in [0.3, 0.4) is 0 Å². The van der Waals surface area contributed by atoms with Gasteiger partial charge in [0, 0.05) is 11.1 Å². The zero-order valence-electron chi connectivity index (χ0n) is 13.2. The van der Waals surface area contributed by atoms with Gasteiger partial charge in [-0.2, -0.15) is 8.78 Å². The molecule has 0 spiro atoms. The molecule has 0 aliphatic carbocycles. The highest BCUT2D eigenvalue weighted by atomic mass is 79.9. The van der Waals surface area contributed by atoms with E-state index in [2.05, 4.69) is 36.6 Å². The minimum Gasteiger partial charge on any atom is -0.507 e. The van der Waals surface area contributed by atoms with Gasteiger partial charge in [-0.05, 0) is 57.8 Å². The van der Waals surface area contributed by atoms with Crippen LogP contribution >= 0.6 is 31.9 Å². The fourth-order valence-corrected chi connectivity index (χ4v) is 2.94. The third-order valence-electron chi connectivity index (χ3n) is 2.92. The van der Waals surface area contributed by atoms with Gasteiger partial charge in [-0.25, -0.2) is 0 Å². The number of aromatic hydroxyl groups is 1. The van der Waals surface area contributed by atoms with Crippen LogP contribution < -0.4 is 4.74 Å². The fourth-order valence-electron chi connectivity index (χ4n) is 1.76. The molecule has 4 nitrogen and oxygen atoms in total. The predicted octanol–water partition coefficient (Wildman–Crippen LogP) is 5.61. The molecule has 25 heavy (non-hydrogen) atoms. The van der Waals surface area contributed by atoms with Gasteiger partial charge in [0.1, 0.15) is 11.5 Å². The van der Waals surface area contributed by atoms with Gasteiger partial charge in [0.15, 0.2) is 11.6 Å². The van der Waals surface area contributed by atoms with E-state index in [1.807, 2.05) is 0 Å². The zero-order valence-corrected chi connectivity index (χ0v) is 16.4. The number of hydrogen-bond acceptors (Lipinski definition) is 4. The largest absolute Gasteiger partial charge is 0.507 e. The zero-order chi connectivity index (χ0) is 19.1. The lowest BCUT2D eigenvalue weighted by molar-refractivity contribution is -0.0504. The van der Waals surface area contributed by atoms with Crippen molar-refractivity contribution in [3.63, 3.8) is 0 Å². The number of halogens is 4. The third kappa shape index (κ3) is 6.21. The Morgan fingerprint density at radius 2 is 1.44 bits per heavy atom. The van der Waals surface area contributed by atoms with Crippen molar-refractivity contribution in [1.82, 2.24) is 0 Å². The minimum absolute atomic E-state index is 0.0345. The molecule has 8 heteroatoms. The summed E-state index contributed by atoms with van der Waals surface area (Å²) < 4.78 is 28.7. The number of Topliss-reactive ketones (excluding diaryl/α,β-unsaturated/α-hetero) is 2. The molecule has 0 unspecified atom stereocenters. The summed E-state index contributed by atoms with van der Waals surface area (Å²) in [6.07, 6.45) is 0. The summed E-state index contributed by atoms with van der Waals surface area (Å²) in [6.45, 7) is -0.0836. The number of alkyl halides is 2. The first-order chi connectivity index (χ1) is 11.6. The lowest BCUT2D eigenvalue weighted by Gasteiger charge is -2.08. The molecule has 0 aliphatic rings. The maximum absolute atomic E-state index is 11.9. The van der Waals surface area contributed by atoms with Crippen molar-refractivity contribution >= 4 is 43.4 Å². The number of carbonyl (C=O) groups excluding carboxylic acids is 2. The van der Waals surface area contributed by atoms with Gasteiger partial charge in [-0.1, -0.05) is 24.3 Å². The van der Waals surface area contributed by atoms with Crippen LogP contribution in [0.1, 0.15) is 34.6 Å². The number of ether oxygens (including phenoxy) is 1.